The summed E-state index contributed by atoms with van der Waals surface area (Å²) in [6.07, 6.45) is 3.87. The van der Waals surface area contributed by atoms with Crippen LogP contribution < -0.4 is 10.5 Å². The van der Waals surface area contributed by atoms with E-state index >= 15 is 0 Å². The second-order valence-corrected chi connectivity index (χ2v) is 4.29. The van der Waals surface area contributed by atoms with Crippen molar-refractivity contribution in [1.29, 1.82) is 0 Å². The fourth-order valence-electron chi connectivity index (χ4n) is 1.77. The van der Waals surface area contributed by atoms with Crippen molar-refractivity contribution in [2.24, 2.45) is 5.73 Å². The third-order valence-corrected chi connectivity index (χ3v) is 3.04. The first-order valence-corrected chi connectivity index (χ1v) is 5.25. The van der Waals surface area contributed by atoms with Gasteiger partial charge in [-0.1, -0.05) is 12.1 Å². The van der Waals surface area contributed by atoms with Gasteiger partial charge in [0.05, 0.1) is 7.11 Å². The van der Waals surface area contributed by atoms with Gasteiger partial charge in [0.15, 0.2) is 11.6 Å². The van der Waals surface area contributed by atoms with E-state index in [1.54, 1.807) is 6.07 Å². The summed E-state index contributed by atoms with van der Waals surface area (Å²) in [6.45, 7) is 0. The van der Waals surface area contributed by atoms with Crippen LogP contribution in [0.2, 0.25) is 0 Å². The Morgan fingerprint density at radius 3 is 2.80 bits per heavy atom. The molecule has 0 aromatic heterocycles. The first-order chi connectivity index (χ1) is 7.14. The Balaban J connectivity index is 2.09. The molecule has 82 valence electrons. The van der Waals surface area contributed by atoms with Crippen LogP contribution >= 0.6 is 0 Å². The molecule has 2 rings (SSSR count). The lowest BCUT2D eigenvalue weighted by atomic mass is 10.0. The molecular weight excluding hydrogens is 193 g/mol. The van der Waals surface area contributed by atoms with Gasteiger partial charge in [0.1, 0.15) is 0 Å². The summed E-state index contributed by atoms with van der Waals surface area (Å²) in [4.78, 5) is 0. The standard InChI is InChI=1S/C12H16FNO/c1-15-11-9(3-2-4-10(11)13)5-6-12(14)7-8-12/h2-4H,5-8,14H2,1H3. The topological polar surface area (TPSA) is 35.2 Å². The number of nitrogens with two attached hydrogens (primary N) is 1. The molecule has 0 unspecified atom stereocenters. The normalized spacial score (nSPS) is 17.5. The Morgan fingerprint density at radius 1 is 1.47 bits per heavy atom. The highest BCUT2D eigenvalue weighted by Gasteiger charge is 2.37. The third-order valence-electron chi connectivity index (χ3n) is 3.04. The summed E-state index contributed by atoms with van der Waals surface area (Å²) in [5, 5.41) is 0. The van der Waals surface area contributed by atoms with E-state index in [0.29, 0.717) is 5.75 Å². The summed E-state index contributed by atoms with van der Waals surface area (Å²) in [5.41, 5.74) is 6.91. The van der Waals surface area contributed by atoms with E-state index in [-0.39, 0.29) is 11.4 Å². The Kier molecular flexibility index (Phi) is 2.65. The van der Waals surface area contributed by atoms with Gasteiger partial charge >= 0.3 is 0 Å². The number of halogens is 1. The molecule has 1 aliphatic rings. The zero-order chi connectivity index (χ0) is 10.9. The number of ether oxygens (including phenoxy) is 1. The maximum atomic E-state index is 13.3. The lowest BCUT2D eigenvalue weighted by Gasteiger charge is -2.11. The maximum Gasteiger partial charge on any atom is 0.165 e. The first-order valence-electron chi connectivity index (χ1n) is 5.25. The van der Waals surface area contributed by atoms with Gasteiger partial charge in [-0.15, -0.1) is 0 Å². The lowest BCUT2D eigenvalue weighted by Crippen LogP contribution is -2.22. The number of hydrogen-bond donors (Lipinski definition) is 1. The van der Waals surface area contributed by atoms with Crippen LogP contribution in [0.4, 0.5) is 4.39 Å². The summed E-state index contributed by atoms with van der Waals surface area (Å²) in [6, 6.07) is 5.02. The largest absolute Gasteiger partial charge is 0.493 e. The Morgan fingerprint density at radius 2 is 2.20 bits per heavy atom. The van der Waals surface area contributed by atoms with Crippen molar-refractivity contribution in [3.63, 3.8) is 0 Å². The molecule has 1 aromatic carbocycles. The molecule has 1 fully saturated rings. The quantitative estimate of drug-likeness (QED) is 0.825. The molecule has 0 aliphatic heterocycles. The lowest BCUT2D eigenvalue weighted by molar-refractivity contribution is 0.380. The smallest absolute Gasteiger partial charge is 0.165 e. The molecule has 1 aromatic rings. The van der Waals surface area contributed by atoms with Gasteiger partial charge in [-0.25, -0.2) is 4.39 Å². The maximum absolute atomic E-state index is 13.3. The Labute approximate surface area is 89.2 Å². The van der Waals surface area contributed by atoms with Crippen molar-refractivity contribution < 1.29 is 9.13 Å². The highest BCUT2D eigenvalue weighted by Crippen LogP contribution is 2.37. The summed E-state index contributed by atoms with van der Waals surface area (Å²) < 4.78 is 18.4. The van der Waals surface area contributed by atoms with E-state index < -0.39 is 0 Å². The zero-order valence-electron chi connectivity index (χ0n) is 8.92. The molecule has 0 amide bonds. The van der Waals surface area contributed by atoms with Gasteiger partial charge in [0.25, 0.3) is 0 Å². The summed E-state index contributed by atoms with van der Waals surface area (Å²) in [7, 11) is 1.50. The molecular formula is C12H16FNO. The van der Waals surface area contributed by atoms with Crippen LogP contribution in [-0.2, 0) is 6.42 Å². The molecule has 2 nitrogen and oxygen atoms in total. The Bertz CT molecular complexity index is 361. The van der Waals surface area contributed by atoms with Crippen molar-refractivity contribution in [2.75, 3.05) is 7.11 Å². The summed E-state index contributed by atoms with van der Waals surface area (Å²) in [5.74, 6) is 0.0682. The van der Waals surface area contributed by atoms with E-state index in [4.69, 9.17) is 10.5 Å². The van der Waals surface area contributed by atoms with E-state index in [0.717, 1.165) is 31.2 Å². The van der Waals surface area contributed by atoms with Gasteiger partial charge in [-0.2, -0.15) is 0 Å². The first kappa shape index (κ1) is 10.4. The van der Waals surface area contributed by atoms with Crippen molar-refractivity contribution in [3.8, 4) is 5.75 Å². The van der Waals surface area contributed by atoms with Crippen LogP contribution in [0.25, 0.3) is 0 Å². The third kappa shape index (κ3) is 2.29. The number of aryl methyl sites for hydroxylation is 1. The SMILES string of the molecule is COc1c(F)cccc1CCC1(N)CC1. The predicted octanol–water partition coefficient (Wildman–Crippen LogP) is 2.26. The van der Waals surface area contributed by atoms with Crippen LogP contribution in [0.1, 0.15) is 24.8 Å². The van der Waals surface area contributed by atoms with Crippen molar-refractivity contribution >= 4 is 0 Å². The molecule has 2 N–H and O–H groups in total. The monoisotopic (exact) mass is 209 g/mol. The van der Waals surface area contributed by atoms with Crippen LogP contribution in [0, 0.1) is 5.82 Å². The van der Waals surface area contributed by atoms with E-state index in [1.165, 1.54) is 13.2 Å². The van der Waals surface area contributed by atoms with Crippen LogP contribution in [0.5, 0.6) is 5.75 Å². The molecule has 0 radical (unpaired) electrons. The number of hydrogen-bond acceptors (Lipinski definition) is 2. The van der Waals surface area contributed by atoms with Crippen LogP contribution in [0.3, 0.4) is 0 Å². The molecule has 3 heteroatoms. The number of rotatable bonds is 4. The van der Waals surface area contributed by atoms with Crippen molar-refractivity contribution in [2.45, 2.75) is 31.2 Å². The second-order valence-electron chi connectivity index (χ2n) is 4.29. The van der Waals surface area contributed by atoms with Gasteiger partial charge in [0, 0.05) is 5.54 Å². The predicted molar refractivity (Wildman–Crippen MR) is 57.4 cm³/mol. The molecule has 0 heterocycles. The molecule has 1 aliphatic carbocycles. The molecule has 0 atom stereocenters. The average molecular weight is 209 g/mol. The molecule has 15 heavy (non-hydrogen) atoms. The molecule has 1 saturated carbocycles. The summed E-state index contributed by atoms with van der Waals surface area (Å²) >= 11 is 0. The number of methoxy groups -OCH3 is 1. The minimum absolute atomic E-state index is 0.0112. The minimum Gasteiger partial charge on any atom is -0.493 e. The average Bonchev–Trinajstić information content (AvgIpc) is 2.94. The van der Waals surface area contributed by atoms with Crippen molar-refractivity contribution in [3.05, 3.63) is 29.6 Å². The Hall–Kier alpha value is -1.09. The van der Waals surface area contributed by atoms with Crippen molar-refractivity contribution in [1.82, 2.24) is 0 Å². The molecule has 0 saturated heterocycles. The molecule has 0 spiro atoms. The van der Waals surface area contributed by atoms with E-state index in [9.17, 15) is 4.39 Å². The number of benzene rings is 1. The number of para-hydroxylation sites is 1. The van der Waals surface area contributed by atoms with E-state index in [2.05, 4.69) is 0 Å². The minimum atomic E-state index is -0.295. The van der Waals surface area contributed by atoms with Gasteiger partial charge in [-0.05, 0) is 37.3 Å². The van der Waals surface area contributed by atoms with Gasteiger partial charge in [0.2, 0.25) is 0 Å². The highest BCUT2D eigenvalue weighted by atomic mass is 19.1. The second kappa shape index (κ2) is 3.81. The van der Waals surface area contributed by atoms with E-state index in [1.807, 2.05) is 6.07 Å². The van der Waals surface area contributed by atoms with Crippen LogP contribution in [-0.4, -0.2) is 12.6 Å². The highest BCUT2D eigenvalue weighted by molar-refractivity contribution is 5.35. The van der Waals surface area contributed by atoms with Gasteiger partial charge in [-0.3, -0.25) is 0 Å². The molecule has 0 bridgehead atoms. The van der Waals surface area contributed by atoms with Crippen LogP contribution in [0.15, 0.2) is 18.2 Å². The fraction of sp³-hybridized carbons (Fsp3) is 0.500. The van der Waals surface area contributed by atoms with Gasteiger partial charge < -0.3 is 10.5 Å². The zero-order valence-corrected chi connectivity index (χ0v) is 8.92. The fourth-order valence-corrected chi connectivity index (χ4v) is 1.77.